The standard InChI is InChI=1S/C11H24N2O3S.ClH/c1-8(7-12-4)11(14)13(5)9(2)10(3)17(6,15)16;/h8-10,12H,7H2,1-6H3;1H. The van der Waals surface area contributed by atoms with E-state index >= 15 is 0 Å². The van der Waals surface area contributed by atoms with Crippen LogP contribution in [-0.2, 0) is 14.6 Å². The molecule has 1 N–H and O–H groups in total. The molecule has 3 unspecified atom stereocenters. The molecular formula is C11H25ClN2O3S. The first-order chi connectivity index (χ1) is 7.62. The summed E-state index contributed by atoms with van der Waals surface area (Å²) in [6.45, 7) is 5.80. The minimum absolute atomic E-state index is 0. The zero-order valence-corrected chi connectivity index (χ0v) is 13.6. The zero-order chi connectivity index (χ0) is 13.8. The molecular weight excluding hydrogens is 276 g/mol. The van der Waals surface area contributed by atoms with Gasteiger partial charge in [-0.2, -0.15) is 0 Å². The molecule has 7 heteroatoms. The van der Waals surface area contributed by atoms with E-state index in [-0.39, 0.29) is 30.3 Å². The van der Waals surface area contributed by atoms with Crippen molar-refractivity contribution in [3.8, 4) is 0 Å². The summed E-state index contributed by atoms with van der Waals surface area (Å²) in [4.78, 5) is 13.5. The minimum Gasteiger partial charge on any atom is -0.341 e. The van der Waals surface area contributed by atoms with E-state index in [2.05, 4.69) is 5.32 Å². The number of sulfone groups is 1. The quantitative estimate of drug-likeness (QED) is 0.778. The molecule has 0 aliphatic heterocycles. The number of amides is 1. The van der Waals surface area contributed by atoms with E-state index in [9.17, 15) is 13.2 Å². The number of nitrogens with zero attached hydrogens (tertiary/aromatic N) is 1. The van der Waals surface area contributed by atoms with Crippen LogP contribution in [0.1, 0.15) is 20.8 Å². The van der Waals surface area contributed by atoms with Gasteiger partial charge in [-0.1, -0.05) is 6.92 Å². The molecule has 5 nitrogen and oxygen atoms in total. The van der Waals surface area contributed by atoms with Crippen molar-refractivity contribution < 1.29 is 13.2 Å². The van der Waals surface area contributed by atoms with Crippen LogP contribution in [0.25, 0.3) is 0 Å². The molecule has 0 aromatic carbocycles. The highest BCUT2D eigenvalue weighted by Gasteiger charge is 2.29. The number of carbonyl (C=O) groups excluding carboxylic acids is 1. The summed E-state index contributed by atoms with van der Waals surface area (Å²) in [6.07, 6.45) is 1.20. The van der Waals surface area contributed by atoms with Gasteiger partial charge in [0.15, 0.2) is 9.84 Å². The normalized spacial score (nSPS) is 16.3. The molecule has 0 heterocycles. The van der Waals surface area contributed by atoms with Crippen molar-refractivity contribution in [1.29, 1.82) is 0 Å². The van der Waals surface area contributed by atoms with Gasteiger partial charge in [-0.15, -0.1) is 12.4 Å². The number of carbonyl (C=O) groups is 1. The summed E-state index contributed by atoms with van der Waals surface area (Å²) in [5, 5.41) is 2.38. The van der Waals surface area contributed by atoms with Crippen LogP contribution in [0.2, 0.25) is 0 Å². The highest BCUT2D eigenvalue weighted by molar-refractivity contribution is 7.91. The van der Waals surface area contributed by atoms with Gasteiger partial charge in [0.1, 0.15) is 0 Å². The third-order valence-electron chi connectivity index (χ3n) is 3.25. The van der Waals surface area contributed by atoms with Crippen LogP contribution in [0.4, 0.5) is 0 Å². The largest absolute Gasteiger partial charge is 0.341 e. The number of hydrogen-bond donors (Lipinski definition) is 1. The first-order valence-electron chi connectivity index (χ1n) is 5.73. The molecule has 0 bridgehead atoms. The monoisotopic (exact) mass is 300 g/mol. The van der Waals surface area contributed by atoms with Gasteiger partial charge in [0, 0.05) is 31.8 Å². The summed E-state index contributed by atoms with van der Waals surface area (Å²) >= 11 is 0. The topological polar surface area (TPSA) is 66.5 Å². The molecule has 0 saturated carbocycles. The number of hydrogen-bond acceptors (Lipinski definition) is 4. The van der Waals surface area contributed by atoms with E-state index in [1.54, 1.807) is 27.9 Å². The average molecular weight is 301 g/mol. The highest BCUT2D eigenvalue weighted by Crippen LogP contribution is 2.12. The Morgan fingerprint density at radius 1 is 1.28 bits per heavy atom. The van der Waals surface area contributed by atoms with E-state index in [1.165, 1.54) is 11.2 Å². The summed E-state index contributed by atoms with van der Waals surface area (Å²) in [6, 6.07) is -0.322. The molecule has 0 aromatic rings. The fourth-order valence-electron chi connectivity index (χ4n) is 1.61. The van der Waals surface area contributed by atoms with E-state index < -0.39 is 15.1 Å². The Kier molecular flexibility index (Phi) is 8.85. The van der Waals surface area contributed by atoms with Gasteiger partial charge in [0.25, 0.3) is 0 Å². The van der Waals surface area contributed by atoms with Crippen LogP contribution < -0.4 is 5.32 Å². The van der Waals surface area contributed by atoms with Crippen LogP contribution in [0.5, 0.6) is 0 Å². The number of halogens is 1. The van der Waals surface area contributed by atoms with Crippen LogP contribution in [0.3, 0.4) is 0 Å². The molecule has 0 radical (unpaired) electrons. The zero-order valence-electron chi connectivity index (χ0n) is 11.9. The fraction of sp³-hybridized carbons (Fsp3) is 0.909. The second-order valence-corrected chi connectivity index (χ2v) is 7.09. The Morgan fingerprint density at radius 2 is 1.72 bits per heavy atom. The summed E-state index contributed by atoms with van der Waals surface area (Å²) in [5.74, 6) is -0.193. The van der Waals surface area contributed by atoms with Gasteiger partial charge < -0.3 is 10.2 Å². The molecule has 18 heavy (non-hydrogen) atoms. The van der Waals surface area contributed by atoms with E-state index in [4.69, 9.17) is 0 Å². The molecule has 0 fully saturated rings. The van der Waals surface area contributed by atoms with Crippen LogP contribution in [0.15, 0.2) is 0 Å². The molecule has 0 aromatic heterocycles. The van der Waals surface area contributed by atoms with Gasteiger partial charge in [0.05, 0.1) is 5.25 Å². The SMILES string of the molecule is CNCC(C)C(=O)N(C)C(C)C(C)S(C)(=O)=O.Cl. The Morgan fingerprint density at radius 3 is 2.06 bits per heavy atom. The Bertz CT molecular complexity index is 359. The third kappa shape index (κ3) is 5.54. The number of nitrogens with one attached hydrogen (secondary N) is 1. The predicted octanol–water partition coefficient (Wildman–Crippen LogP) is 0.544. The first kappa shape index (κ1) is 20.0. The van der Waals surface area contributed by atoms with Crippen molar-refractivity contribution in [3.63, 3.8) is 0 Å². The van der Waals surface area contributed by atoms with Crippen molar-refractivity contribution in [2.75, 3.05) is 26.9 Å². The maximum Gasteiger partial charge on any atom is 0.226 e. The molecule has 0 rings (SSSR count). The van der Waals surface area contributed by atoms with Gasteiger partial charge in [0.2, 0.25) is 5.91 Å². The van der Waals surface area contributed by atoms with Gasteiger partial charge >= 0.3 is 0 Å². The van der Waals surface area contributed by atoms with E-state index in [0.29, 0.717) is 6.54 Å². The lowest BCUT2D eigenvalue weighted by atomic mass is 10.1. The maximum absolute atomic E-state index is 12.0. The molecule has 0 spiro atoms. The van der Waals surface area contributed by atoms with Crippen LogP contribution >= 0.6 is 12.4 Å². The van der Waals surface area contributed by atoms with E-state index in [0.717, 1.165) is 0 Å². The predicted molar refractivity (Wildman–Crippen MR) is 76.9 cm³/mol. The van der Waals surface area contributed by atoms with Crippen molar-refractivity contribution in [2.24, 2.45) is 5.92 Å². The van der Waals surface area contributed by atoms with Crippen LogP contribution in [-0.4, -0.2) is 57.4 Å². The summed E-state index contributed by atoms with van der Waals surface area (Å²) in [5.41, 5.74) is 0. The Labute approximate surface area is 117 Å². The van der Waals surface area contributed by atoms with Crippen LogP contribution in [0, 0.1) is 5.92 Å². The lowest BCUT2D eigenvalue weighted by Gasteiger charge is -2.31. The molecule has 0 aliphatic carbocycles. The molecule has 3 atom stereocenters. The third-order valence-corrected chi connectivity index (χ3v) is 4.99. The van der Waals surface area contributed by atoms with Crippen molar-refractivity contribution >= 4 is 28.2 Å². The summed E-state index contributed by atoms with van der Waals surface area (Å²) < 4.78 is 22.9. The van der Waals surface area contributed by atoms with Gasteiger partial charge in [-0.3, -0.25) is 4.79 Å². The van der Waals surface area contributed by atoms with Gasteiger partial charge in [-0.05, 0) is 20.9 Å². The average Bonchev–Trinajstić information content (AvgIpc) is 2.24. The lowest BCUT2D eigenvalue weighted by Crippen LogP contribution is -2.47. The fourth-order valence-corrected chi connectivity index (χ4v) is 2.51. The lowest BCUT2D eigenvalue weighted by molar-refractivity contribution is -0.135. The van der Waals surface area contributed by atoms with Crippen molar-refractivity contribution in [1.82, 2.24) is 10.2 Å². The molecule has 110 valence electrons. The summed E-state index contributed by atoms with van der Waals surface area (Å²) in [7, 11) is 0.310. The molecule has 0 aliphatic rings. The Balaban J connectivity index is 0. The Hall–Kier alpha value is -0.330. The van der Waals surface area contributed by atoms with Gasteiger partial charge in [-0.25, -0.2) is 8.42 Å². The minimum atomic E-state index is -3.13. The second-order valence-electron chi connectivity index (χ2n) is 4.68. The molecule has 0 saturated heterocycles. The smallest absolute Gasteiger partial charge is 0.226 e. The first-order valence-corrected chi connectivity index (χ1v) is 7.68. The molecule has 1 amide bonds. The highest BCUT2D eigenvalue weighted by atomic mass is 35.5. The maximum atomic E-state index is 12.0. The number of rotatable bonds is 6. The van der Waals surface area contributed by atoms with E-state index in [1.807, 2.05) is 6.92 Å². The van der Waals surface area contributed by atoms with Crippen molar-refractivity contribution in [2.45, 2.75) is 32.1 Å². The second kappa shape index (κ2) is 7.96. The van der Waals surface area contributed by atoms with Crippen molar-refractivity contribution in [3.05, 3.63) is 0 Å².